The third-order valence-corrected chi connectivity index (χ3v) is 0.997. The number of amides is 2. The summed E-state index contributed by atoms with van der Waals surface area (Å²) in [6.45, 7) is 3.46. The number of alkyl halides is 1. The average molecular weight is 181 g/mol. The molecule has 0 bridgehead atoms. The summed E-state index contributed by atoms with van der Waals surface area (Å²) in [5, 5.41) is 13.6. The van der Waals surface area contributed by atoms with Crippen LogP contribution in [0.2, 0.25) is 0 Å². The van der Waals surface area contributed by atoms with Crippen molar-refractivity contribution in [2.75, 3.05) is 6.54 Å². The predicted molar refractivity (Wildman–Crippen MR) is 43.5 cm³/mol. The molecule has 0 saturated heterocycles. The van der Waals surface area contributed by atoms with E-state index in [2.05, 4.69) is 10.6 Å². The van der Waals surface area contributed by atoms with E-state index in [9.17, 15) is 4.79 Å². The van der Waals surface area contributed by atoms with Gasteiger partial charge in [-0.15, -0.1) is 0 Å². The van der Waals surface area contributed by atoms with E-state index in [4.69, 9.17) is 16.7 Å². The maximum Gasteiger partial charge on any atom is 0.316 e. The first-order valence-electron chi connectivity index (χ1n) is 3.39. The third kappa shape index (κ3) is 7.42. The molecule has 2 amide bonds. The Kier molecular flexibility index (Phi) is 4.98. The van der Waals surface area contributed by atoms with Gasteiger partial charge in [-0.1, -0.05) is 11.6 Å². The van der Waals surface area contributed by atoms with Crippen LogP contribution < -0.4 is 10.6 Å². The molecule has 0 aliphatic heterocycles. The Balaban J connectivity index is 3.38. The zero-order valence-corrected chi connectivity index (χ0v) is 7.35. The monoisotopic (exact) mass is 180 g/mol. The second kappa shape index (κ2) is 5.21. The van der Waals surface area contributed by atoms with Gasteiger partial charge in [0.15, 0.2) is 0 Å². The standard InChI is InChI=1S/C6H13ClN2O2/c1-4(10)3-8-6(11)9-5(2)7/h4-5,10H,3H2,1-2H3,(H2,8,9,11). The lowest BCUT2D eigenvalue weighted by molar-refractivity contribution is 0.187. The maximum absolute atomic E-state index is 10.7. The van der Waals surface area contributed by atoms with Crippen molar-refractivity contribution in [1.82, 2.24) is 10.6 Å². The van der Waals surface area contributed by atoms with Gasteiger partial charge in [-0.05, 0) is 13.8 Å². The summed E-state index contributed by atoms with van der Waals surface area (Å²) in [5.41, 5.74) is -0.399. The van der Waals surface area contributed by atoms with Gasteiger partial charge in [0.1, 0.15) is 5.50 Å². The molecule has 0 spiro atoms. The van der Waals surface area contributed by atoms with E-state index < -0.39 is 11.6 Å². The molecule has 0 aliphatic carbocycles. The van der Waals surface area contributed by atoms with Gasteiger partial charge in [-0.25, -0.2) is 4.79 Å². The molecule has 0 radical (unpaired) electrons. The fraction of sp³-hybridized carbons (Fsp3) is 0.833. The highest BCUT2D eigenvalue weighted by Gasteiger charge is 2.03. The number of aliphatic hydroxyl groups excluding tert-OH is 1. The fourth-order valence-corrected chi connectivity index (χ4v) is 0.571. The van der Waals surface area contributed by atoms with Crippen LogP contribution in [0.1, 0.15) is 13.8 Å². The van der Waals surface area contributed by atoms with Crippen LogP contribution in [0, 0.1) is 0 Å². The van der Waals surface area contributed by atoms with E-state index in [1.54, 1.807) is 13.8 Å². The van der Waals surface area contributed by atoms with Crippen molar-refractivity contribution in [2.45, 2.75) is 25.5 Å². The van der Waals surface area contributed by atoms with Crippen molar-refractivity contribution >= 4 is 17.6 Å². The first kappa shape index (κ1) is 10.5. The molecule has 4 nitrogen and oxygen atoms in total. The summed E-state index contributed by atoms with van der Waals surface area (Å²) in [7, 11) is 0. The van der Waals surface area contributed by atoms with Crippen molar-refractivity contribution < 1.29 is 9.90 Å². The number of aliphatic hydroxyl groups is 1. The maximum atomic E-state index is 10.7. The fourth-order valence-electron chi connectivity index (χ4n) is 0.472. The summed E-state index contributed by atoms with van der Waals surface area (Å²) < 4.78 is 0. The van der Waals surface area contributed by atoms with Gasteiger partial charge in [0.2, 0.25) is 0 Å². The van der Waals surface area contributed by atoms with Gasteiger partial charge in [-0.2, -0.15) is 0 Å². The van der Waals surface area contributed by atoms with E-state index >= 15 is 0 Å². The lowest BCUT2D eigenvalue weighted by Gasteiger charge is -2.09. The van der Waals surface area contributed by atoms with E-state index in [1.165, 1.54) is 0 Å². The van der Waals surface area contributed by atoms with Crippen LogP contribution in [0.15, 0.2) is 0 Å². The van der Waals surface area contributed by atoms with E-state index in [0.717, 1.165) is 0 Å². The summed E-state index contributed by atoms with van der Waals surface area (Å²) in [4.78, 5) is 10.7. The number of rotatable bonds is 3. The highest BCUT2D eigenvalue weighted by Crippen LogP contribution is 1.85. The molecule has 0 aromatic heterocycles. The number of carbonyl (C=O) groups is 1. The van der Waals surface area contributed by atoms with Gasteiger partial charge in [-0.3, -0.25) is 0 Å². The van der Waals surface area contributed by atoms with Gasteiger partial charge >= 0.3 is 6.03 Å². The highest BCUT2D eigenvalue weighted by atomic mass is 35.5. The van der Waals surface area contributed by atoms with Crippen molar-refractivity contribution in [3.8, 4) is 0 Å². The predicted octanol–water partition coefficient (Wildman–Crippen LogP) is 0.251. The Bertz CT molecular complexity index is 128. The largest absolute Gasteiger partial charge is 0.392 e. The Morgan fingerprint density at radius 2 is 2.18 bits per heavy atom. The van der Waals surface area contributed by atoms with Crippen molar-refractivity contribution in [3.63, 3.8) is 0 Å². The van der Waals surface area contributed by atoms with E-state index in [-0.39, 0.29) is 12.6 Å². The molecule has 0 fully saturated rings. The van der Waals surface area contributed by atoms with Crippen LogP contribution in [-0.4, -0.2) is 29.3 Å². The summed E-state index contributed by atoms with van der Waals surface area (Å²) in [6.07, 6.45) is -0.536. The topological polar surface area (TPSA) is 61.4 Å². The summed E-state index contributed by atoms with van der Waals surface area (Å²) in [6, 6.07) is -0.367. The van der Waals surface area contributed by atoms with E-state index in [0.29, 0.717) is 0 Å². The number of nitrogens with one attached hydrogen (secondary N) is 2. The van der Waals surface area contributed by atoms with Gasteiger partial charge < -0.3 is 15.7 Å². The molecule has 0 saturated carbocycles. The normalized spacial score (nSPS) is 15.3. The molecular formula is C6H13ClN2O2. The molecule has 2 unspecified atom stereocenters. The van der Waals surface area contributed by atoms with Crippen LogP contribution in [0.4, 0.5) is 4.79 Å². The van der Waals surface area contributed by atoms with Crippen LogP contribution in [-0.2, 0) is 0 Å². The molecule has 3 N–H and O–H groups in total. The lowest BCUT2D eigenvalue weighted by atomic mass is 10.4. The van der Waals surface area contributed by atoms with Crippen LogP contribution in [0.5, 0.6) is 0 Å². The molecule has 0 aliphatic rings. The highest BCUT2D eigenvalue weighted by molar-refractivity contribution is 6.20. The molecule has 0 aromatic rings. The number of urea groups is 1. The average Bonchev–Trinajstić information content (AvgIpc) is 1.82. The number of hydrogen-bond acceptors (Lipinski definition) is 2. The molecule has 66 valence electrons. The van der Waals surface area contributed by atoms with Crippen molar-refractivity contribution in [3.05, 3.63) is 0 Å². The van der Waals surface area contributed by atoms with Gasteiger partial charge in [0.05, 0.1) is 6.10 Å². The number of halogens is 1. The molecule has 5 heteroatoms. The lowest BCUT2D eigenvalue weighted by Crippen LogP contribution is -2.41. The Labute approximate surface area is 70.9 Å². The third-order valence-electron chi connectivity index (χ3n) is 0.888. The summed E-state index contributed by atoms with van der Waals surface area (Å²) in [5.74, 6) is 0. The second-order valence-corrected chi connectivity index (χ2v) is 2.97. The minimum Gasteiger partial charge on any atom is -0.392 e. The Morgan fingerprint density at radius 1 is 1.64 bits per heavy atom. The van der Waals surface area contributed by atoms with E-state index in [1.807, 2.05) is 0 Å². The number of carbonyl (C=O) groups excluding carboxylic acids is 1. The molecule has 2 atom stereocenters. The van der Waals surface area contributed by atoms with Crippen LogP contribution >= 0.6 is 11.6 Å². The summed E-state index contributed by atoms with van der Waals surface area (Å²) >= 11 is 5.45. The zero-order chi connectivity index (χ0) is 8.85. The SMILES string of the molecule is CC(O)CNC(=O)NC(C)Cl. The minimum atomic E-state index is -0.536. The molecular weight excluding hydrogens is 168 g/mol. The first-order chi connectivity index (χ1) is 5.02. The van der Waals surface area contributed by atoms with Crippen molar-refractivity contribution in [1.29, 1.82) is 0 Å². The molecule has 0 rings (SSSR count). The van der Waals surface area contributed by atoms with Gasteiger partial charge in [0.25, 0.3) is 0 Å². The molecule has 11 heavy (non-hydrogen) atoms. The molecule has 0 heterocycles. The number of hydrogen-bond donors (Lipinski definition) is 3. The Morgan fingerprint density at radius 3 is 2.55 bits per heavy atom. The zero-order valence-electron chi connectivity index (χ0n) is 6.60. The smallest absolute Gasteiger partial charge is 0.316 e. The second-order valence-electron chi connectivity index (χ2n) is 2.32. The minimum absolute atomic E-state index is 0.232. The van der Waals surface area contributed by atoms with Crippen molar-refractivity contribution in [2.24, 2.45) is 0 Å². The van der Waals surface area contributed by atoms with Gasteiger partial charge in [0, 0.05) is 6.54 Å². The van der Waals surface area contributed by atoms with Crippen LogP contribution in [0.3, 0.4) is 0 Å². The quantitative estimate of drug-likeness (QED) is 0.431. The van der Waals surface area contributed by atoms with Crippen LogP contribution in [0.25, 0.3) is 0 Å². The Hall–Kier alpha value is -0.480. The molecule has 0 aromatic carbocycles. The first-order valence-corrected chi connectivity index (χ1v) is 3.82.